The van der Waals surface area contributed by atoms with Gasteiger partial charge in [0.15, 0.2) is 0 Å². The summed E-state index contributed by atoms with van der Waals surface area (Å²) in [5.74, 6) is 1.38. The van der Waals surface area contributed by atoms with Crippen molar-refractivity contribution in [3.05, 3.63) is 48.2 Å². The summed E-state index contributed by atoms with van der Waals surface area (Å²) in [6.07, 6.45) is 2.87. The molecule has 1 atom stereocenters. The summed E-state index contributed by atoms with van der Waals surface area (Å²) in [7, 11) is 1.64. The highest BCUT2D eigenvalue weighted by atomic mass is 16.5. The molecule has 0 amide bonds. The predicted molar refractivity (Wildman–Crippen MR) is 91.7 cm³/mol. The van der Waals surface area contributed by atoms with Gasteiger partial charge in [0.25, 0.3) is 0 Å². The summed E-state index contributed by atoms with van der Waals surface area (Å²) < 4.78 is 5.21. The van der Waals surface area contributed by atoms with Crippen molar-refractivity contribution < 1.29 is 4.74 Å². The number of hydrogen-bond donors (Lipinski definition) is 0. The fourth-order valence-corrected chi connectivity index (χ4v) is 2.96. The largest absolute Gasteiger partial charge is 0.481 e. The average Bonchev–Trinajstić information content (AvgIpc) is 2.78. The Balaban J connectivity index is 1.67. The second kappa shape index (κ2) is 7.42. The van der Waals surface area contributed by atoms with Crippen LogP contribution in [0.4, 0.5) is 5.95 Å². The minimum absolute atomic E-state index is 0.547. The van der Waals surface area contributed by atoms with Crippen molar-refractivity contribution in [3.8, 4) is 5.88 Å². The lowest BCUT2D eigenvalue weighted by atomic mass is 10.1. The van der Waals surface area contributed by atoms with E-state index < -0.39 is 0 Å². The number of nitrogens with zero attached hydrogens (tertiary/aromatic N) is 4. The van der Waals surface area contributed by atoms with Crippen molar-refractivity contribution in [3.63, 3.8) is 0 Å². The molecule has 0 saturated carbocycles. The third-order valence-electron chi connectivity index (χ3n) is 4.44. The van der Waals surface area contributed by atoms with Gasteiger partial charge in [0.2, 0.25) is 11.8 Å². The quantitative estimate of drug-likeness (QED) is 0.868. The molecule has 1 aliphatic heterocycles. The highest BCUT2D eigenvalue weighted by molar-refractivity contribution is 5.32. The van der Waals surface area contributed by atoms with Crippen LogP contribution < -0.4 is 9.64 Å². The van der Waals surface area contributed by atoms with Crippen LogP contribution in [0, 0.1) is 0 Å². The van der Waals surface area contributed by atoms with E-state index in [-0.39, 0.29) is 0 Å². The Morgan fingerprint density at radius 1 is 1.13 bits per heavy atom. The molecule has 1 aromatic heterocycles. The Morgan fingerprint density at radius 3 is 2.74 bits per heavy atom. The van der Waals surface area contributed by atoms with Gasteiger partial charge in [-0.3, -0.25) is 4.90 Å². The summed E-state index contributed by atoms with van der Waals surface area (Å²) in [5, 5.41) is 0. The van der Waals surface area contributed by atoms with Gasteiger partial charge in [-0.2, -0.15) is 4.98 Å². The summed E-state index contributed by atoms with van der Waals surface area (Å²) in [6, 6.07) is 13.0. The molecule has 1 saturated heterocycles. The zero-order valence-corrected chi connectivity index (χ0v) is 13.9. The smallest absolute Gasteiger partial charge is 0.228 e. The Kier molecular flexibility index (Phi) is 5.08. The molecule has 5 heteroatoms. The first-order valence-corrected chi connectivity index (χ1v) is 8.16. The van der Waals surface area contributed by atoms with Gasteiger partial charge in [-0.15, -0.1) is 0 Å². The van der Waals surface area contributed by atoms with Crippen LogP contribution in [0.25, 0.3) is 0 Å². The molecule has 122 valence electrons. The van der Waals surface area contributed by atoms with Crippen LogP contribution in [0.3, 0.4) is 0 Å². The number of methoxy groups -OCH3 is 1. The van der Waals surface area contributed by atoms with Crippen LogP contribution in [-0.4, -0.2) is 47.7 Å². The van der Waals surface area contributed by atoms with Crippen molar-refractivity contribution in [2.45, 2.75) is 25.9 Å². The number of anilines is 1. The van der Waals surface area contributed by atoms with Crippen LogP contribution in [0.2, 0.25) is 0 Å². The monoisotopic (exact) mass is 312 g/mol. The molecule has 1 aromatic carbocycles. The summed E-state index contributed by atoms with van der Waals surface area (Å²) in [5.41, 5.74) is 1.37. The van der Waals surface area contributed by atoms with E-state index in [0.29, 0.717) is 11.9 Å². The minimum atomic E-state index is 0.547. The van der Waals surface area contributed by atoms with E-state index in [1.165, 1.54) is 5.56 Å². The highest BCUT2D eigenvalue weighted by Gasteiger charge is 2.22. The maximum Gasteiger partial charge on any atom is 0.228 e. The minimum Gasteiger partial charge on any atom is -0.481 e. The van der Waals surface area contributed by atoms with Gasteiger partial charge in [0.1, 0.15) is 0 Å². The van der Waals surface area contributed by atoms with Gasteiger partial charge in [-0.1, -0.05) is 30.3 Å². The second-order valence-electron chi connectivity index (χ2n) is 5.98. The van der Waals surface area contributed by atoms with Gasteiger partial charge < -0.3 is 9.64 Å². The molecule has 1 unspecified atom stereocenters. The molecule has 0 radical (unpaired) electrons. The first-order chi connectivity index (χ1) is 11.3. The average molecular weight is 312 g/mol. The molecule has 0 N–H and O–H groups in total. The van der Waals surface area contributed by atoms with Crippen molar-refractivity contribution in [1.82, 2.24) is 14.9 Å². The maximum atomic E-state index is 5.21. The fourth-order valence-electron chi connectivity index (χ4n) is 2.96. The molecule has 2 aromatic rings. The van der Waals surface area contributed by atoms with Gasteiger partial charge >= 0.3 is 0 Å². The Hall–Kier alpha value is -2.14. The van der Waals surface area contributed by atoms with Crippen LogP contribution in [0.15, 0.2) is 42.6 Å². The van der Waals surface area contributed by atoms with Crippen LogP contribution in [-0.2, 0) is 6.54 Å². The van der Waals surface area contributed by atoms with E-state index in [1.807, 2.05) is 0 Å². The zero-order valence-electron chi connectivity index (χ0n) is 13.9. The van der Waals surface area contributed by atoms with Crippen molar-refractivity contribution in [1.29, 1.82) is 0 Å². The first kappa shape index (κ1) is 15.7. The lowest BCUT2D eigenvalue weighted by molar-refractivity contribution is 0.212. The lowest BCUT2D eigenvalue weighted by Crippen LogP contribution is -2.34. The van der Waals surface area contributed by atoms with Crippen molar-refractivity contribution in [2.24, 2.45) is 0 Å². The Labute approximate surface area is 137 Å². The number of aromatic nitrogens is 2. The molecule has 1 aliphatic rings. The Morgan fingerprint density at radius 2 is 1.96 bits per heavy atom. The van der Waals surface area contributed by atoms with E-state index in [4.69, 9.17) is 4.74 Å². The van der Waals surface area contributed by atoms with Crippen LogP contribution in [0.5, 0.6) is 5.88 Å². The molecule has 2 heterocycles. The van der Waals surface area contributed by atoms with Crippen molar-refractivity contribution >= 4 is 5.95 Å². The lowest BCUT2D eigenvalue weighted by Gasteiger charge is -2.26. The molecule has 3 rings (SSSR count). The van der Waals surface area contributed by atoms with E-state index in [1.54, 1.807) is 19.4 Å². The molecule has 1 fully saturated rings. The summed E-state index contributed by atoms with van der Waals surface area (Å²) >= 11 is 0. The predicted octanol–water partition coefficient (Wildman–Crippen LogP) is 2.59. The van der Waals surface area contributed by atoms with E-state index in [2.05, 4.69) is 57.0 Å². The third kappa shape index (κ3) is 3.99. The molecule has 0 spiro atoms. The molecular formula is C18H24N4O. The zero-order chi connectivity index (χ0) is 16.1. The molecule has 0 bridgehead atoms. The molecule has 0 aliphatic carbocycles. The number of hydrogen-bond acceptors (Lipinski definition) is 5. The number of benzene rings is 1. The van der Waals surface area contributed by atoms with E-state index >= 15 is 0 Å². The van der Waals surface area contributed by atoms with Crippen LogP contribution >= 0.6 is 0 Å². The van der Waals surface area contributed by atoms with E-state index in [9.17, 15) is 0 Å². The molecular weight excluding hydrogens is 288 g/mol. The van der Waals surface area contributed by atoms with Gasteiger partial charge in [-0.25, -0.2) is 4.98 Å². The SMILES string of the molecule is COc1ccnc(N2CCC(C)N(Cc3ccccc3)CC2)n1. The molecule has 5 nitrogen and oxygen atoms in total. The normalized spacial score (nSPS) is 19.4. The topological polar surface area (TPSA) is 41.5 Å². The fraction of sp³-hybridized carbons (Fsp3) is 0.444. The standard InChI is InChI=1S/C18H24N4O/c1-15-9-11-21(18-19-10-8-17(20-18)23-2)12-13-22(15)14-16-6-4-3-5-7-16/h3-8,10,15H,9,11-14H2,1-2H3. The van der Waals surface area contributed by atoms with Gasteiger partial charge in [0, 0.05) is 44.5 Å². The highest BCUT2D eigenvalue weighted by Crippen LogP contribution is 2.19. The number of ether oxygens (including phenoxy) is 1. The first-order valence-electron chi connectivity index (χ1n) is 8.16. The van der Waals surface area contributed by atoms with Gasteiger partial charge in [-0.05, 0) is 18.9 Å². The second-order valence-corrected chi connectivity index (χ2v) is 5.98. The van der Waals surface area contributed by atoms with Crippen molar-refractivity contribution in [2.75, 3.05) is 31.6 Å². The van der Waals surface area contributed by atoms with Gasteiger partial charge in [0.05, 0.1) is 7.11 Å². The maximum absolute atomic E-state index is 5.21. The Bertz CT molecular complexity index is 619. The summed E-state index contributed by atoms with van der Waals surface area (Å²) in [4.78, 5) is 13.7. The van der Waals surface area contributed by atoms with Crippen LogP contribution in [0.1, 0.15) is 18.9 Å². The third-order valence-corrected chi connectivity index (χ3v) is 4.44. The van der Waals surface area contributed by atoms with E-state index in [0.717, 1.165) is 38.5 Å². The summed E-state index contributed by atoms with van der Waals surface area (Å²) in [6.45, 7) is 6.22. The molecule has 23 heavy (non-hydrogen) atoms. The number of rotatable bonds is 4.